The van der Waals surface area contributed by atoms with Crippen LogP contribution in [0.15, 0.2) is 65.1 Å². The zero-order valence-electron chi connectivity index (χ0n) is 20.3. The second-order valence-corrected chi connectivity index (χ2v) is 8.70. The van der Waals surface area contributed by atoms with Crippen LogP contribution in [0.1, 0.15) is 33.8 Å². The lowest BCUT2D eigenvalue weighted by molar-refractivity contribution is -0.133. The van der Waals surface area contributed by atoms with Crippen LogP contribution in [0, 0.1) is 20.8 Å². The lowest BCUT2D eigenvalue weighted by Crippen LogP contribution is -2.41. The zero-order valence-corrected chi connectivity index (χ0v) is 20.3. The van der Waals surface area contributed by atoms with Gasteiger partial charge in [0.05, 0.1) is 19.7 Å². The lowest BCUT2D eigenvalue weighted by Gasteiger charge is -2.27. The maximum atomic E-state index is 13.5. The molecule has 33 heavy (non-hydrogen) atoms. The molecule has 0 saturated heterocycles. The molecule has 1 heterocycles. The molecule has 0 unspecified atom stereocenters. The molecule has 0 fully saturated rings. The first-order chi connectivity index (χ1) is 15.9. The van der Waals surface area contributed by atoms with Gasteiger partial charge in [-0.2, -0.15) is 0 Å². The number of furan rings is 1. The van der Waals surface area contributed by atoms with E-state index in [0.717, 1.165) is 24.5 Å². The summed E-state index contributed by atoms with van der Waals surface area (Å²) in [7, 11) is 1.70. The van der Waals surface area contributed by atoms with Gasteiger partial charge in [0.2, 0.25) is 5.91 Å². The fourth-order valence-electron chi connectivity index (χ4n) is 3.90. The number of hydrogen-bond acceptors (Lipinski definition) is 4. The molecule has 5 nitrogen and oxygen atoms in total. The van der Waals surface area contributed by atoms with Crippen LogP contribution in [-0.4, -0.2) is 49.1 Å². The third-order valence-corrected chi connectivity index (χ3v) is 5.88. The van der Waals surface area contributed by atoms with E-state index in [0.29, 0.717) is 32.8 Å². The highest BCUT2D eigenvalue weighted by Gasteiger charge is 2.20. The Morgan fingerprint density at radius 1 is 0.939 bits per heavy atom. The lowest BCUT2D eigenvalue weighted by atomic mass is 10.1. The summed E-state index contributed by atoms with van der Waals surface area (Å²) in [6.45, 7) is 9.60. The first-order valence-electron chi connectivity index (χ1n) is 11.6. The fraction of sp³-hybridized carbons (Fsp3) is 0.393. The predicted molar refractivity (Wildman–Crippen MR) is 132 cm³/mol. The number of methoxy groups -OCH3 is 1. The number of rotatable bonds is 12. The molecule has 1 amide bonds. The number of ether oxygens (including phenoxy) is 1. The molecule has 0 atom stereocenters. The van der Waals surface area contributed by atoms with E-state index >= 15 is 0 Å². The van der Waals surface area contributed by atoms with Crippen molar-refractivity contribution in [1.29, 1.82) is 0 Å². The van der Waals surface area contributed by atoms with Crippen molar-refractivity contribution in [2.45, 2.75) is 40.3 Å². The van der Waals surface area contributed by atoms with E-state index in [1.165, 1.54) is 22.3 Å². The predicted octanol–water partition coefficient (Wildman–Crippen LogP) is 4.92. The smallest absolute Gasteiger partial charge is 0.237 e. The number of carbonyl (C=O) groups excluding carboxylic acids is 1. The maximum absolute atomic E-state index is 13.5. The van der Waals surface area contributed by atoms with Crippen molar-refractivity contribution in [1.82, 2.24) is 9.80 Å². The number of benzene rings is 2. The minimum Gasteiger partial charge on any atom is -0.464 e. The van der Waals surface area contributed by atoms with E-state index < -0.39 is 0 Å². The molecule has 0 aliphatic rings. The van der Waals surface area contributed by atoms with Crippen molar-refractivity contribution in [3.8, 4) is 0 Å². The van der Waals surface area contributed by atoms with Crippen LogP contribution in [0.3, 0.4) is 0 Å². The van der Waals surface area contributed by atoms with Crippen molar-refractivity contribution in [2.24, 2.45) is 0 Å². The van der Waals surface area contributed by atoms with Gasteiger partial charge in [-0.3, -0.25) is 9.69 Å². The van der Waals surface area contributed by atoms with Gasteiger partial charge in [0.25, 0.3) is 0 Å². The number of nitrogens with zero attached hydrogens (tertiary/aromatic N) is 2. The Morgan fingerprint density at radius 2 is 1.73 bits per heavy atom. The third kappa shape index (κ3) is 7.88. The fourth-order valence-corrected chi connectivity index (χ4v) is 3.90. The Hall–Kier alpha value is -2.89. The summed E-state index contributed by atoms with van der Waals surface area (Å²) >= 11 is 0. The Balaban J connectivity index is 1.73. The highest BCUT2D eigenvalue weighted by Crippen LogP contribution is 2.15. The van der Waals surface area contributed by atoms with Gasteiger partial charge in [-0.15, -0.1) is 0 Å². The topological polar surface area (TPSA) is 45.9 Å². The average molecular weight is 449 g/mol. The van der Waals surface area contributed by atoms with Crippen molar-refractivity contribution >= 4 is 5.91 Å². The monoisotopic (exact) mass is 448 g/mol. The molecule has 0 bridgehead atoms. The standard InChI is InChI=1S/C28H36N2O3/c1-22-10-11-23(2)26(18-22)19-29(16-17-32-4)21-28(31)30(20-27-13-12-24(3)33-27)15-14-25-8-6-5-7-9-25/h5-13,18H,14-17,19-21H2,1-4H3. The van der Waals surface area contributed by atoms with Gasteiger partial charge < -0.3 is 14.1 Å². The summed E-state index contributed by atoms with van der Waals surface area (Å²) in [4.78, 5) is 17.6. The highest BCUT2D eigenvalue weighted by atomic mass is 16.5. The quantitative estimate of drug-likeness (QED) is 0.394. The first-order valence-corrected chi connectivity index (χ1v) is 11.6. The SMILES string of the molecule is COCCN(CC(=O)N(CCc1ccccc1)Cc1ccc(C)o1)Cc1cc(C)ccc1C. The number of aryl methyl sites for hydroxylation is 3. The number of hydrogen-bond donors (Lipinski definition) is 0. The van der Waals surface area contributed by atoms with E-state index in [1.54, 1.807) is 7.11 Å². The molecule has 0 radical (unpaired) electrons. The Morgan fingerprint density at radius 3 is 2.42 bits per heavy atom. The van der Waals surface area contributed by atoms with Gasteiger partial charge in [0.1, 0.15) is 11.5 Å². The normalized spacial score (nSPS) is 11.2. The van der Waals surface area contributed by atoms with Crippen LogP contribution in [0.4, 0.5) is 0 Å². The van der Waals surface area contributed by atoms with Crippen molar-refractivity contribution < 1.29 is 13.9 Å². The van der Waals surface area contributed by atoms with Gasteiger partial charge >= 0.3 is 0 Å². The van der Waals surface area contributed by atoms with E-state index in [4.69, 9.17) is 9.15 Å². The summed E-state index contributed by atoms with van der Waals surface area (Å²) < 4.78 is 11.1. The maximum Gasteiger partial charge on any atom is 0.237 e. The Kier molecular flexibility index (Phi) is 9.28. The summed E-state index contributed by atoms with van der Waals surface area (Å²) in [5.74, 6) is 1.77. The minimum atomic E-state index is 0.0985. The summed E-state index contributed by atoms with van der Waals surface area (Å²) in [5, 5.41) is 0. The largest absolute Gasteiger partial charge is 0.464 e. The van der Waals surface area contributed by atoms with Gasteiger partial charge in [0, 0.05) is 26.7 Å². The van der Waals surface area contributed by atoms with Gasteiger partial charge in [0.15, 0.2) is 0 Å². The second kappa shape index (κ2) is 12.4. The highest BCUT2D eigenvalue weighted by molar-refractivity contribution is 5.78. The van der Waals surface area contributed by atoms with Crippen LogP contribution in [0.25, 0.3) is 0 Å². The van der Waals surface area contributed by atoms with E-state index in [-0.39, 0.29) is 5.91 Å². The van der Waals surface area contributed by atoms with Crippen LogP contribution < -0.4 is 0 Å². The molecule has 3 rings (SSSR count). The molecule has 0 aliphatic carbocycles. The Labute approximate surface area is 198 Å². The molecule has 0 spiro atoms. The van der Waals surface area contributed by atoms with E-state index in [1.807, 2.05) is 42.2 Å². The van der Waals surface area contributed by atoms with Crippen LogP contribution in [-0.2, 0) is 29.0 Å². The van der Waals surface area contributed by atoms with E-state index in [9.17, 15) is 4.79 Å². The van der Waals surface area contributed by atoms with E-state index in [2.05, 4.69) is 49.1 Å². The third-order valence-electron chi connectivity index (χ3n) is 5.88. The van der Waals surface area contributed by atoms with Crippen LogP contribution >= 0.6 is 0 Å². The molecule has 0 aliphatic heterocycles. The van der Waals surface area contributed by atoms with Gasteiger partial charge in [-0.25, -0.2) is 0 Å². The molecule has 3 aromatic rings. The number of amides is 1. The zero-order chi connectivity index (χ0) is 23.6. The van der Waals surface area contributed by atoms with Crippen molar-refractivity contribution in [3.05, 3.63) is 94.4 Å². The average Bonchev–Trinajstić information content (AvgIpc) is 3.22. The molecule has 2 aromatic carbocycles. The van der Waals surface area contributed by atoms with Gasteiger partial charge in [-0.05, 0) is 56.0 Å². The van der Waals surface area contributed by atoms with Crippen molar-refractivity contribution in [2.75, 3.05) is 33.4 Å². The molecular formula is C28H36N2O3. The summed E-state index contributed by atoms with van der Waals surface area (Å²) in [5.41, 5.74) is 4.93. The van der Waals surface area contributed by atoms with Gasteiger partial charge in [-0.1, -0.05) is 54.1 Å². The van der Waals surface area contributed by atoms with Crippen LogP contribution in [0.5, 0.6) is 0 Å². The summed E-state index contributed by atoms with van der Waals surface area (Å²) in [6, 6.07) is 20.7. The molecular weight excluding hydrogens is 412 g/mol. The molecule has 1 aromatic heterocycles. The number of carbonyl (C=O) groups is 1. The summed E-state index contributed by atoms with van der Waals surface area (Å²) in [6.07, 6.45) is 0.807. The van der Waals surface area contributed by atoms with Crippen molar-refractivity contribution in [3.63, 3.8) is 0 Å². The Bertz CT molecular complexity index is 1010. The molecule has 5 heteroatoms. The van der Waals surface area contributed by atoms with Crippen LogP contribution in [0.2, 0.25) is 0 Å². The second-order valence-electron chi connectivity index (χ2n) is 8.70. The molecule has 176 valence electrons. The molecule has 0 N–H and O–H groups in total. The minimum absolute atomic E-state index is 0.0985. The first kappa shape index (κ1) is 24.7. The molecule has 0 saturated carbocycles.